The molecule has 120 valence electrons. The Morgan fingerprint density at radius 2 is 1.96 bits per heavy atom. The number of hydrogen-bond acceptors (Lipinski definition) is 4. The van der Waals surface area contributed by atoms with Crippen molar-refractivity contribution in [2.24, 2.45) is 0 Å². The Kier molecular flexibility index (Phi) is 3.92. The van der Waals surface area contributed by atoms with Crippen LogP contribution in [0.15, 0.2) is 36.5 Å². The van der Waals surface area contributed by atoms with E-state index in [4.69, 9.17) is 0 Å². The molecule has 4 heteroatoms. The number of likely N-dealkylation sites (tertiary alicyclic amines) is 1. The fourth-order valence-electron chi connectivity index (χ4n) is 3.60. The number of nitrogens with zero attached hydrogens (tertiary/aromatic N) is 3. The first-order valence-corrected chi connectivity index (χ1v) is 8.58. The van der Waals surface area contributed by atoms with E-state index in [1.165, 1.54) is 48.3 Å². The Labute approximate surface area is 138 Å². The maximum absolute atomic E-state index is 4.64. The summed E-state index contributed by atoms with van der Waals surface area (Å²) in [6.45, 7) is 7.76. The molecule has 0 unspecified atom stereocenters. The molecule has 2 aliphatic rings. The second-order valence-electron chi connectivity index (χ2n) is 6.55. The highest BCUT2D eigenvalue weighted by Gasteiger charge is 2.22. The highest BCUT2D eigenvalue weighted by atomic mass is 15.3. The van der Waals surface area contributed by atoms with Crippen molar-refractivity contribution in [1.82, 2.24) is 9.88 Å². The third-order valence-electron chi connectivity index (χ3n) is 4.99. The summed E-state index contributed by atoms with van der Waals surface area (Å²) in [7, 11) is 0. The van der Waals surface area contributed by atoms with Gasteiger partial charge in [0.2, 0.25) is 0 Å². The van der Waals surface area contributed by atoms with Crippen molar-refractivity contribution in [3.8, 4) is 11.1 Å². The summed E-state index contributed by atoms with van der Waals surface area (Å²) in [6, 6.07) is 10.8. The number of aromatic nitrogens is 1. The molecule has 0 radical (unpaired) electrons. The molecule has 0 bridgehead atoms. The maximum Gasteiger partial charge on any atom is 0.151 e. The van der Waals surface area contributed by atoms with Gasteiger partial charge in [-0.2, -0.15) is 0 Å². The molecule has 0 aliphatic carbocycles. The minimum atomic E-state index is 0.868. The van der Waals surface area contributed by atoms with Gasteiger partial charge in [-0.15, -0.1) is 0 Å². The minimum absolute atomic E-state index is 0.868. The lowest BCUT2D eigenvalue weighted by Crippen LogP contribution is -2.33. The zero-order valence-corrected chi connectivity index (χ0v) is 13.8. The van der Waals surface area contributed by atoms with Gasteiger partial charge in [0.05, 0.1) is 12.4 Å². The van der Waals surface area contributed by atoms with Crippen LogP contribution in [-0.4, -0.2) is 42.7 Å². The number of fused-ring (bicyclic) bond motifs is 1. The van der Waals surface area contributed by atoms with E-state index in [0.29, 0.717) is 0 Å². The number of rotatable bonds is 4. The van der Waals surface area contributed by atoms with Gasteiger partial charge in [0, 0.05) is 24.8 Å². The van der Waals surface area contributed by atoms with Crippen LogP contribution in [0.4, 0.5) is 11.5 Å². The van der Waals surface area contributed by atoms with Crippen molar-refractivity contribution in [3.63, 3.8) is 0 Å². The third-order valence-corrected chi connectivity index (χ3v) is 4.99. The zero-order valence-electron chi connectivity index (χ0n) is 13.8. The highest BCUT2D eigenvalue weighted by Crippen LogP contribution is 2.34. The van der Waals surface area contributed by atoms with Gasteiger partial charge in [-0.1, -0.05) is 24.3 Å². The van der Waals surface area contributed by atoms with Crippen molar-refractivity contribution >= 4 is 11.5 Å². The molecule has 1 aromatic carbocycles. The van der Waals surface area contributed by atoms with Crippen molar-refractivity contribution < 1.29 is 0 Å². The third kappa shape index (κ3) is 2.91. The average molecular weight is 308 g/mol. The number of anilines is 2. The van der Waals surface area contributed by atoms with E-state index >= 15 is 0 Å². The van der Waals surface area contributed by atoms with Gasteiger partial charge >= 0.3 is 0 Å². The first-order chi connectivity index (χ1) is 11.3. The summed E-state index contributed by atoms with van der Waals surface area (Å²) in [5.41, 5.74) is 5.01. The van der Waals surface area contributed by atoms with Crippen LogP contribution in [0.2, 0.25) is 0 Å². The molecule has 2 aromatic rings. The topological polar surface area (TPSA) is 31.4 Å². The standard InChI is InChI=1S/C19H24N4/c1-15-6-2-3-7-17(15)16-12-18-19(20-13-16)21-14-23(18)11-10-22-8-4-5-9-22/h2-3,6-7,12-13H,4-5,8-11,14H2,1H3,(H,20,21). The molecule has 1 saturated heterocycles. The molecule has 0 amide bonds. The summed E-state index contributed by atoms with van der Waals surface area (Å²) in [6.07, 6.45) is 4.69. The largest absolute Gasteiger partial charge is 0.351 e. The molecular formula is C19H24N4. The Hall–Kier alpha value is -2.07. The fraction of sp³-hybridized carbons (Fsp3) is 0.421. The second kappa shape index (κ2) is 6.20. The van der Waals surface area contributed by atoms with E-state index in [2.05, 4.69) is 57.4 Å². The van der Waals surface area contributed by atoms with E-state index in [9.17, 15) is 0 Å². The lowest BCUT2D eigenvalue weighted by Gasteiger charge is -2.22. The number of nitrogens with one attached hydrogen (secondary N) is 1. The molecule has 4 nitrogen and oxygen atoms in total. The van der Waals surface area contributed by atoms with Gasteiger partial charge in [-0.3, -0.25) is 0 Å². The smallest absolute Gasteiger partial charge is 0.151 e. The normalized spacial score (nSPS) is 17.3. The van der Waals surface area contributed by atoms with Crippen molar-refractivity contribution in [2.45, 2.75) is 19.8 Å². The first-order valence-electron chi connectivity index (χ1n) is 8.58. The lowest BCUT2D eigenvalue weighted by atomic mass is 10.0. The number of aryl methyl sites for hydroxylation is 1. The Balaban J connectivity index is 1.55. The zero-order chi connectivity index (χ0) is 15.6. The van der Waals surface area contributed by atoms with Crippen LogP contribution in [0.25, 0.3) is 11.1 Å². The van der Waals surface area contributed by atoms with Crippen LogP contribution in [0.1, 0.15) is 18.4 Å². The van der Waals surface area contributed by atoms with Crippen molar-refractivity contribution in [2.75, 3.05) is 43.1 Å². The summed E-state index contributed by atoms with van der Waals surface area (Å²) in [5.74, 6) is 1.02. The predicted octanol–water partition coefficient (Wildman–Crippen LogP) is 3.34. The van der Waals surface area contributed by atoms with Crippen molar-refractivity contribution in [3.05, 3.63) is 42.1 Å². The van der Waals surface area contributed by atoms with E-state index in [1.54, 1.807) is 0 Å². The summed E-state index contributed by atoms with van der Waals surface area (Å²) in [4.78, 5) is 9.63. The molecule has 23 heavy (non-hydrogen) atoms. The van der Waals surface area contributed by atoms with Crippen LogP contribution < -0.4 is 10.2 Å². The van der Waals surface area contributed by atoms with E-state index < -0.39 is 0 Å². The lowest BCUT2D eigenvalue weighted by molar-refractivity contribution is 0.346. The van der Waals surface area contributed by atoms with Crippen molar-refractivity contribution in [1.29, 1.82) is 0 Å². The average Bonchev–Trinajstić information content (AvgIpc) is 3.22. The van der Waals surface area contributed by atoms with Gasteiger partial charge in [-0.05, 0) is 50.0 Å². The molecule has 1 aromatic heterocycles. The molecule has 0 atom stereocenters. The molecule has 1 fully saturated rings. The number of hydrogen-bond donors (Lipinski definition) is 1. The van der Waals surface area contributed by atoms with E-state index in [-0.39, 0.29) is 0 Å². The van der Waals surface area contributed by atoms with E-state index in [1.807, 2.05) is 6.20 Å². The van der Waals surface area contributed by atoms with Gasteiger partial charge in [0.25, 0.3) is 0 Å². The molecular weight excluding hydrogens is 284 g/mol. The molecule has 2 aliphatic heterocycles. The fourth-order valence-corrected chi connectivity index (χ4v) is 3.60. The summed E-state index contributed by atoms with van der Waals surface area (Å²) < 4.78 is 0. The van der Waals surface area contributed by atoms with Crippen LogP contribution >= 0.6 is 0 Å². The van der Waals surface area contributed by atoms with Gasteiger partial charge in [0.15, 0.2) is 5.82 Å². The quantitative estimate of drug-likeness (QED) is 0.938. The van der Waals surface area contributed by atoms with Gasteiger partial charge in [0.1, 0.15) is 0 Å². The maximum atomic E-state index is 4.64. The minimum Gasteiger partial charge on any atom is -0.351 e. The number of pyridine rings is 1. The highest BCUT2D eigenvalue weighted by molar-refractivity contribution is 5.78. The number of benzene rings is 1. The van der Waals surface area contributed by atoms with Crippen LogP contribution in [0, 0.1) is 6.92 Å². The molecule has 1 N–H and O–H groups in total. The van der Waals surface area contributed by atoms with Crippen LogP contribution in [0.5, 0.6) is 0 Å². The predicted molar refractivity (Wildman–Crippen MR) is 95.9 cm³/mol. The van der Waals surface area contributed by atoms with Gasteiger partial charge in [-0.25, -0.2) is 4.98 Å². The van der Waals surface area contributed by atoms with Gasteiger partial charge < -0.3 is 15.1 Å². The SMILES string of the molecule is Cc1ccccc1-c1cnc2c(c1)N(CCN1CCCC1)CN2. The molecule has 0 spiro atoms. The monoisotopic (exact) mass is 308 g/mol. The summed E-state index contributed by atoms with van der Waals surface area (Å²) in [5, 5.41) is 3.42. The molecule has 3 heterocycles. The van der Waals surface area contributed by atoms with Crippen LogP contribution in [0.3, 0.4) is 0 Å². The first kappa shape index (κ1) is 14.5. The second-order valence-corrected chi connectivity index (χ2v) is 6.55. The van der Waals surface area contributed by atoms with E-state index in [0.717, 1.165) is 25.6 Å². The Morgan fingerprint density at radius 1 is 1.13 bits per heavy atom. The summed E-state index contributed by atoms with van der Waals surface area (Å²) >= 11 is 0. The Bertz CT molecular complexity index is 692. The Morgan fingerprint density at radius 3 is 2.78 bits per heavy atom. The molecule has 4 rings (SSSR count). The van der Waals surface area contributed by atoms with Crippen LogP contribution in [-0.2, 0) is 0 Å². The molecule has 0 saturated carbocycles.